The number of carbonyl (C=O) groups is 1. The fourth-order valence-corrected chi connectivity index (χ4v) is 3.60. The van der Waals surface area contributed by atoms with Crippen molar-refractivity contribution >= 4 is 39.3 Å². The molecule has 8 nitrogen and oxygen atoms in total. The molecule has 0 saturated carbocycles. The minimum Gasteiger partial charge on any atom is -0.493 e. The molecule has 0 atom stereocenters. The van der Waals surface area contributed by atoms with Crippen LogP contribution in [0, 0.1) is 21.4 Å². The predicted molar refractivity (Wildman–Crippen MR) is 141 cm³/mol. The number of nitrogens with zero attached hydrogens (tertiary/aromatic N) is 2. The molecule has 0 aromatic heterocycles. The van der Waals surface area contributed by atoms with Crippen molar-refractivity contribution in [1.29, 1.82) is 5.26 Å². The molecule has 3 rings (SSSR count). The van der Waals surface area contributed by atoms with Gasteiger partial charge in [-0.05, 0) is 54.0 Å². The van der Waals surface area contributed by atoms with Crippen LogP contribution < -0.4 is 14.8 Å². The fraction of sp³-hybridized carbons (Fsp3) is 0.111. The van der Waals surface area contributed by atoms with Gasteiger partial charge in [0.1, 0.15) is 18.2 Å². The molecule has 1 N–H and O–H groups in total. The van der Waals surface area contributed by atoms with Crippen molar-refractivity contribution in [2.24, 2.45) is 0 Å². The van der Waals surface area contributed by atoms with E-state index in [0.29, 0.717) is 30.1 Å². The van der Waals surface area contributed by atoms with Crippen molar-refractivity contribution in [1.82, 2.24) is 0 Å². The number of nitro benzene ring substituents is 1. The average Bonchev–Trinajstić information content (AvgIpc) is 2.87. The number of halogens is 1. The summed E-state index contributed by atoms with van der Waals surface area (Å²) in [6.07, 6.45) is 3.60. The Morgan fingerprint density at radius 3 is 2.61 bits per heavy atom. The maximum Gasteiger partial charge on any atom is 0.271 e. The van der Waals surface area contributed by atoms with Gasteiger partial charge in [0, 0.05) is 27.9 Å². The highest BCUT2D eigenvalue weighted by Crippen LogP contribution is 2.35. The van der Waals surface area contributed by atoms with Crippen LogP contribution in [0.3, 0.4) is 0 Å². The number of hydrogen-bond donors (Lipinski definition) is 1. The number of ether oxygens (including phenoxy) is 2. The van der Waals surface area contributed by atoms with Crippen LogP contribution >= 0.6 is 15.9 Å². The molecular weight excluding hydrogens is 526 g/mol. The van der Waals surface area contributed by atoms with Gasteiger partial charge in [-0.1, -0.05) is 40.2 Å². The molecule has 0 spiro atoms. The van der Waals surface area contributed by atoms with Crippen LogP contribution in [0.25, 0.3) is 6.08 Å². The van der Waals surface area contributed by atoms with Crippen LogP contribution in [0.1, 0.15) is 16.7 Å². The first-order valence-electron chi connectivity index (χ1n) is 10.7. The van der Waals surface area contributed by atoms with Crippen LogP contribution in [-0.4, -0.2) is 17.9 Å². The minimum atomic E-state index is -0.696. The van der Waals surface area contributed by atoms with Gasteiger partial charge in [0.25, 0.3) is 11.6 Å². The second-order valence-corrected chi connectivity index (χ2v) is 8.47. The molecule has 0 aliphatic heterocycles. The molecule has 0 aliphatic carbocycles. The first kappa shape index (κ1) is 26.2. The summed E-state index contributed by atoms with van der Waals surface area (Å²) in [5, 5.41) is 23.1. The van der Waals surface area contributed by atoms with Gasteiger partial charge in [0.2, 0.25) is 0 Å². The zero-order valence-corrected chi connectivity index (χ0v) is 20.9. The number of allylic oxidation sites excluding steroid dienone is 1. The van der Waals surface area contributed by atoms with E-state index in [1.165, 1.54) is 37.5 Å². The highest BCUT2D eigenvalue weighted by molar-refractivity contribution is 9.10. The van der Waals surface area contributed by atoms with Crippen molar-refractivity contribution in [3.05, 3.63) is 110 Å². The zero-order chi connectivity index (χ0) is 26.1. The lowest BCUT2D eigenvalue weighted by Crippen LogP contribution is -2.13. The molecule has 0 heterocycles. The molecule has 0 saturated heterocycles. The van der Waals surface area contributed by atoms with E-state index < -0.39 is 10.8 Å². The van der Waals surface area contributed by atoms with Gasteiger partial charge in [-0.15, -0.1) is 6.58 Å². The number of non-ortho nitro benzene ring substituents is 1. The molecular formula is C27H22BrN3O5. The van der Waals surface area contributed by atoms with Gasteiger partial charge < -0.3 is 14.8 Å². The monoisotopic (exact) mass is 547 g/mol. The Balaban J connectivity index is 1.89. The van der Waals surface area contributed by atoms with Gasteiger partial charge in [-0.3, -0.25) is 14.9 Å². The zero-order valence-electron chi connectivity index (χ0n) is 19.4. The highest BCUT2D eigenvalue weighted by Gasteiger charge is 2.16. The average molecular weight is 548 g/mol. The normalized spacial score (nSPS) is 10.8. The number of nitrogens with one attached hydrogen (secondary N) is 1. The largest absolute Gasteiger partial charge is 0.493 e. The summed E-state index contributed by atoms with van der Waals surface area (Å²) >= 11 is 3.41. The smallest absolute Gasteiger partial charge is 0.271 e. The van der Waals surface area contributed by atoms with E-state index in [4.69, 9.17) is 9.47 Å². The third-order valence-electron chi connectivity index (χ3n) is 5.03. The molecule has 0 fully saturated rings. The highest BCUT2D eigenvalue weighted by atomic mass is 79.9. The first-order chi connectivity index (χ1) is 17.3. The minimum absolute atomic E-state index is 0.173. The van der Waals surface area contributed by atoms with Crippen LogP contribution in [0.15, 0.2) is 83.4 Å². The summed E-state index contributed by atoms with van der Waals surface area (Å²) in [5.74, 6) is 0.281. The van der Waals surface area contributed by atoms with Crippen LogP contribution in [0.5, 0.6) is 11.5 Å². The second-order valence-electron chi connectivity index (χ2n) is 7.55. The van der Waals surface area contributed by atoms with Gasteiger partial charge in [0.05, 0.1) is 12.0 Å². The van der Waals surface area contributed by atoms with E-state index >= 15 is 0 Å². The van der Waals surface area contributed by atoms with Gasteiger partial charge >= 0.3 is 0 Å². The van der Waals surface area contributed by atoms with E-state index in [1.54, 1.807) is 18.2 Å². The van der Waals surface area contributed by atoms with Crippen molar-refractivity contribution in [2.75, 3.05) is 12.4 Å². The summed E-state index contributed by atoms with van der Waals surface area (Å²) in [4.78, 5) is 23.1. The number of anilines is 1. The topological polar surface area (TPSA) is 114 Å². The number of nitro groups is 1. The molecule has 0 radical (unpaired) electrons. The van der Waals surface area contributed by atoms with Crippen molar-refractivity contribution in [2.45, 2.75) is 13.0 Å². The standard InChI is InChI=1S/C27H22BrN3O5/c1-3-5-20-12-19(14-25(35-2)26(20)36-17-18-8-10-22(28)11-9-18)13-21(16-29)27(32)30-23-6-4-7-24(15-23)31(33)34/h3-4,6-15H,1,5,17H2,2H3,(H,30,32)/b21-13+. The number of carbonyl (C=O) groups excluding carboxylic acids is 1. The number of hydrogen-bond acceptors (Lipinski definition) is 6. The second kappa shape index (κ2) is 12.3. The molecule has 36 heavy (non-hydrogen) atoms. The molecule has 3 aromatic rings. The van der Waals surface area contributed by atoms with E-state index in [1.807, 2.05) is 30.3 Å². The summed E-state index contributed by atoms with van der Waals surface area (Å²) in [6, 6.07) is 18.6. The Labute approximate surface area is 216 Å². The number of amides is 1. The Hall–Kier alpha value is -4.42. The maximum atomic E-state index is 12.7. The SMILES string of the molecule is C=CCc1cc(/C=C(\C#N)C(=O)Nc2cccc([N+](=O)[O-])c2)cc(OC)c1OCc1ccc(Br)cc1. The third-order valence-corrected chi connectivity index (χ3v) is 5.55. The van der Waals surface area contributed by atoms with Gasteiger partial charge in [-0.2, -0.15) is 5.26 Å². The molecule has 1 amide bonds. The predicted octanol–water partition coefficient (Wildman–Crippen LogP) is 6.22. The van der Waals surface area contributed by atoms with E-state index in [9.17, 15) is 20.2 Å². The van der Waals surface area contributed by atoms with Crippen LogP contribution in [0.2, 0.25) is 0 Å². The van der Waals surface area contributed by atoms with Gasteiger partial charge in [-0.25, -0.2) is 0 Å². The summed E-state index contributed by atoms with van der Waals surface area (Å²) in [5.41, 5.74) is 2.13. The molecule has 3 aromatic carbocycles. The number of rotatable bonds is 10. The summed E-state index contributed by atoms with van der Waals surface area (Å²) in [6.45, 7) is 4.12. The van der Waals surface area contributed by atoms with E-state index in [2.05, 4.69) is 27.8 Å². The number of benzene rings is 3. The Morgan fingerprint density at radius 2 is 1.97 bits per heavy atom. The van der Waals surface area contributed by atoms with Crippen molar-refractivity contribution < 1.29 is 19.2 Å². The lowest BCUT2D eigenvalue weighted by molar-refractivity contribution is -0.384. The Bertz CT molecular complexity index is 1360. The number of nitriles is 1. The van der Waals surface area contributed by atoms with Crippen LogP contribution in [-0.2, 0) is 17.8 Å². The Morgan fingerprint density at radius 1 is 1.22 bits per heavy atom. The maximum absolute atomic E-state index is 12.7. The lowest BCUT2D eigenvalue weighted by atomic mass is 10.0. The van der Waals surface area contributed by atoms with Crippen molar-refractivity contribution in [3.63, 3.8) is 0 Å². The fourth-order valence-electron chi connectivity index (χ4n) is 3.34. The van der Waals surface area contributed by atoms with E-state index in [-0.39, 0.29) is 16.9 Å². The molecule has 0 bridgehead atoms. The van der Waals surface area contributed by atoms with Crippen LogP contribution in [0.4, 0.5) is 11.4 Å². The number of methoxy groups -OCH3 is 1. The molecule has 0 unspecified atom stereocenters. The molecule has 182 valence electrons. The lowest BCUT2D eigenvalue weighted by Gasteiger charge is -2.16. The molecule has 9 heteroatoms. The third kappa shape index (κ3) is 6.81. The molecule has 0 aliphatic rings. The quantitative estimate of drug-likeness (QED) is 0.106. The summed E-state index contributed by atoms with van der Waals surface area (Å²) < 4.78 is 12.6. The van der Waals surface area contributed by atoms with Gasteiger partial charge in [0.15, 0.2) is 11.5 Å². The first-order valence-corrected chi connectivity index (χ1v) is 11.5. The summed E-state index contributed by atoms with van der Waals surface area (Å²) in [7, 11) is 1.51. The van der Waals surface area contributed by atoms with E-state index in [0.717, 1.165) is 15.6 Å². The van der Waals surface area contributed by atoms with Crippen molar-refractivity contribution in [3.8, 4) is 17.6 Å². The Kier molecular flexibility index (Phi) is 8.97.